The Balaban J connectivity index is 1.75. The van der Waals surface area contributed by atoms with Crippen LogP contribution in [0.15, 0.2) is 42.5 Å². The summed E-state index contributed by atoms with van der Waals surface area (Å²) < 4.78 is 5.33. The maximum absolute atomic E-state index is 11.7. The van der Waals surface area contributed by atoms with Gasteiger partial charge in [-0.05, 0) is 36.2 Å². The van der Waals surface area contributed by atoms with Crippen molar-refractivity contribution in [3.8, 4) is 11.5 Å². The third kappa shape index (κ3) is 4.83. The van der Waals surface area contributed by atoms with E-state index in [4.69, 9.17) is 27.9 Å². The number of hydrogen-bond donors (Lipinski definition) is 2. The normalized spacial score (nSPS) is 10.3. The minimum absolute atomic E-state index is 0.137. The van der Waals surface area contributed by atoms with Gasteiger partial charge in [0.25, 0.3) is 5.91 Å². The third-order valence-electron chi connectivity index (χ3n) is 2.96. The SMILES string of the molecule is O=C(COc1ccc(Cl)cc1Cl)NCCc1ccccc1O. The van der Waals surface area contributed by atoms with Crippen LogP contribution in [0.3, 0.4) is 0 Å². The van der Waals surface area contributed by atoms with Gasteiger partial charge in [-0.15, -0.1) is 0 Å². The van der Waals surface area contributed by atoms with E-state index in [0.717, 1.165) is 5.56 Å². The fourth-order valence-electron chi connectivity index (χ4n) is 1.85. The van der Waals surface area contributed by atoms with E-state index in [1.54, 1.807) is 30.3 Å². The smallest absolute Gasteiger partial charge is 0.257 e. The quantitative estimate of drug-likeness (QED) is 0.847. The number of para-hydroxylation sites is 1. The van der Waals surface area contributed by atoms with E-state index in [2.05, 4.69) is 5.32 Å². The lowest BCUT2D eigenvalue weighted by Crippen LogP contribution is -2.30. The fourth-order valence-corrected chi connectivity index (χ4v) is 2.31. The lowest BCUT2D eigenvalue weighted by molar-refractivity contribution is -0.123. The first-order chi connectivity index (χ1) is 10.6. The summed E-state index contributed by atoms with van der Waals surface area (Å²) in [7, 11) is 0. The van der Waals surface area contributed by atoms with Crippen molar-refractivity contribution in [1.82, 2.24) is 5.32 Å². The summed E-state index contributed by atoms with van der Waals surface area (Å²) in [5, 5.41) is 13.2. The highest BCUT2D eigenvalue weighted by atomic mass is 35.5. The van der Waals surface area contributed by atoms with E-state index in [9.17, 15) is 9.90 Å². The predicted molar refractivity (Wildman–Crippen MR) is 86.8 cm³/mol. The first kappa shape index (κ1) is 16.5. The molecule has 116 valence electrons. The maximum atomic E-state index is 11.7. The Hall–Kier alpha value is -1.91. The molecule has 0 spiro atoms. The summed E-state index contributed by atoms with van der Waals surface area (Å²) in [6, 6.07) is 11.8. The maximum Gasteiger partial charge on any atom is 0.257 e. The molecule has 0 saturated heterocycles. The molecule has 22 heavy (non-hydrogen) atoms. The molecule has 2 rings (SSSR count). The summed E-state index contributed by atoms with van der Waals surface area (Å²) in [6.45, 7) is 0.274. The summed E-state index contributed by atoms with van der Waals surface area (Å²) in [5.74, 6) is 0.365. The molecule has 6 heteroatoms. The van der Waals surface area contributed by atoms with Crippen molar-refractivity contribution < 1.29 is 14.6 Å². The molecule has 0 heterocycles. The first-order valence-electron chi connectivity index (χ1n) is 6.67. The Morgan fingerprint density at radius 2 is 1.95 bits per heavy atom. The van der Waals surface area contributed by atoms with Crippen LogP contribution in [-0.2, 0) is 11.2 Å². The molecule has 0 aromatic heterocycles. The lowest BCUT2D eigenvalue weighted by Gasteiger charge is -2.09. The highest BCUT2D eigenvalue weighted by Gasteiger charge is 2.07. The zero-order valence-electron chi connectivity index (χ0n) is 11.7. The Kier molecular flexibility index (Phi) is 5.92. The molecule has 0 aliphatic heterocycles. The zero-order chi connectivity index (χ0) is 15.9. The van der Waals surface area contributed by atoms with Crippen molar-refractivity contribution in [2.24, 2.45) is 0 Å². The minimum atomic E-state index is -0.263. The third-order valence-corrected chi connectivity index (χ3v) is 3.49. The summed E-state index contributed by atoms with van der Waals surface area (Å²) >= 11 is 11.7. The molecule has 0 radical (unpaired) electrons. The average Bonchev–Trinajstić information content (AvgIpc) is 2.48. The summed E-state index contributed by atoms with van der Waals surface area (Å²) in [4.78, 5) is 11.7. The van der Waals surface area contributed by atoms with E-state index in [1.807, 2.05) is 12.1 Å². The van der Waals surface area contributed by atoms with Gasteiger partial charge in [-0.3, -0.25) is 4.79 Å². The zero-order valence-corrected chi connectivity index (χ0v) is 13.2. The molecule has 0 atom stereocenters. The van der Waals surface area contributed by atoms with Crippen LogP contribution in [0.1, 0.15) is 5.56 Å². The van der Waals surface area contributed by atoms with Gasteiger partial charge in [-0.2, -0.15) is 0 Å². The molecule has 2 aromatic carbocycles. The highest BCUT2D eigenvalue weighted by Crippen LogP contribution is 2.27. The molecule has 0 unspecified atom stereocenters. The number of nitrogens with one attached hydrogen (secondary N) is 1. The fraction of sp³-hybridized carbons (Fsp3) is 0.188. The van der Waals surface area contributed by atoms with Gasteiger partial charge in [0, 0.05) is 11.6 Å². The number of hydrogen-bond acceptors (Lipinski definition) is 3. The van der Waals surface area contributed by atoms with E-state index in [0.29, 0.717) is 28.8 Å². The number of carbonyl (C=O) groups excluding carboxylic acids is 1. The van der Waals surface area contributed by atoms with Crippen molar-refractivity contribution in [3.05, 3.63) is 58.1 Å². The van der Waals surface area contributed by atoms with Gasteiger partial charge in [0.2, 0.25) is 0 Å². The topological polar surface area (TPSA) is 58.6 Å². The number of halogens is 2. The van der Waals surface area contributed by atoms with Gasteiger partial charge in [-0.25, -0.2) is 0 Å². The standard InChI is InChI=1S/C16H15Cl2NO3/c17-12-5-6-15(13(18)9-12)22-10-16(21)19-8-7-11-3-1-2-4-14(11)20/h1-6,9,20H,7-8,10H2,(H,19,21). The Morgan fingerprint density at radius 1 is 1.18 bits per heavy atom. The monoisotopic (exact) mass is 339 g/mol. The van der Waals surface area contributed by atoms with E-state index < -0.39 is 0 Å². The Labute approximate surface area is 138 Å². The number of rotatable bonds is 6. The molecule has 0 aliphatic rings. The van der Waals surface area contributed by atoms with E-state index in [1.165, 1.54) is 0 Å². The average molecular weight is 340 g/mol. The molecule has 0 saturated carbocycles. The number of benzene rings is 2. The van der Waals surface area contributed by atoms with Gasteiger partial charge < -0.3 is 15.2 Å². The largest absolute Gasteiger partial charge is 0.508 e. The number of phenols is 1. The number of aromatic hydroxyl groups is 1. The Morgan fingerprint density at radius 3 is 2.68 bits per heavy atom. The summed E-state index contributed by atoms with van der Waals surface area (Å²) in [6.07, 6.45) is 0.542. The molecular formula is C16H15Cl2NO3. The van der Waals surface area contributed by atoms with Gasteiger partial charge in [-0.1, -0.05) is 41.4 Å². The van der Waals surface area contributed by atoms with Crippen molar-refractivity contribution in [2.45, 2.75) is 6.42 Å². The van der Waals surface area contributed by atoms with Crippen LogP contribution >= 0.6 is 23.2 Å². The van der Waals surface area contributed by atoms with Crippen molar-refractivity contribution in [2.75, 3.05) is 13.2 Å². The van der Waals surface area contributed by atoms with E-state index in [-0.39, 0.29) is 18.3 Å². The van der Waals surface area contributed by atoms with Gasteiger partial charge in [0.05, 0.1) is 5.02 Å². The number of carbonyl (C=O) groups is 1. The van der Waals surface area contributed by atoms with Gasteiger partial charge in [0.1, 0.15) is 11.5 Å². The van der Waals surface area contributed by atoms with Crippen LogP contribution in [0.2, 0.25) is 10.0 Å². The van der Waals surface area contributed by atoms with Crippen LogP contribution in [0.5, 0.6) is 11.5 Å². The number of ether oxygens (including phenoxy) is 1. The predicted octanol–water partition coefficient (Wildman–Crippen LogP) is 3.44. The molecular weight excluding hydrogens is 325 g/mol. The first-order valence-corrected chi connectivity index (χ1v) is 7.43. The second-order valence-corrected chi connectivity index (χ2v) is 5.44. The molecule has 2 N–H and O–H groups in total. The van der Waals surface area contributed by atoms with Crippen molar-refractivity contribution >= 4 is 29.1 Å². The molecule has 2 aromatic rings. The van der Waals surface area contributed by atoms with Crippen LogP contribution in [0.4, 0.5) is 0 Å². The van der Waals surface area contributed by atoms with Crippen LogP contribution in [0, 0.1) is 0 Å². The number of phenolic OH excluding ortho intramolecular Hbond substituents is 1. The van der Waals surface area contributed by atoms with Crippen molar-refractivity contribution in [1.29, 1.82) is 0 Å². The van der Waals surface area contributed by atoms with Crippen LogP contribution in [0.25, 0.3) is 0 Å². The van der Waals surface area contributed by atoms with Gasteiger partial charge in [0.15, 0.2) is 6.61 Å². The van der Waals surface area contributed by atoms with E-state index >= 15 is 0 Å². The highest BCUT2D eigenvalue weighted by molar-refractivity contribution is 6.35. The Bertz CT molecular complexity index is 662. The molecule has 4 nitrogen and oxygen atoms in total. The molecule has 1 amide bonds. The molecule has 0 bridgehead atoms. The lowest BCUT2D eigenvalue weighted by atomic mass is 10.1. The minimum Gasteiger partial charge on any atom is -0.508 e. The van der Waals surface area contributed by atoms with Crippen LogP contribution in [-0.4, -0.2) is 24.2 Å². The van der Waals surface area contributed by atoms with Gasteiger partial charge >= 0.3 is 0 Å². The second kappa shape index (κ2) is 7.92. The second-order valence-electron chi connectivity index (χ2n) is 4.59. The molecule has 0 aliphatic carbocycles. The molecule has 0 fully saturated rings. The number of amides is 1. The van der Waals surface area contributed by atoms with Crippen molar-refractivity contribution in [3.63, 3.8) is 0 Å². The summed E-state index contributed by atoms with van der Waals surface area (Å²) in [5.41, 5.74) is 0.782. The van der Waals surface area contributed by atoms with Crippen LogP contribution < -0.4 is 10.1 Å².